The molecule has 4 nitrogen and oxygen atoms in total. The molecule has 2 aromatic carbocycles. The fraction of sp³-hybridized carbons (Fsp3) is 0.222. The van der Waals surface area contributed by atoms with Crippen LogP contribution in [0.5, 0.6) is 0 Å². The normalized spacial score (nSPS) is 21.8. The van der Waals surface area contributed by atoms with Crippen molar-refractivity contribution in [3.8, 4) is 0 Å². The van der Waals surface area contributed by atoms with E-state index in [9.17, 15) is 14.0 Å². The molecular weight excluding hydrogens is 297 g/mol. The van der Waals surface area contributed by atoms with Gasteiger partial charge in [-0.3, -0.25) is 4.79 Å². The van der Waals surface area contributed by atoms with Crippen LogP contribution in [0.25, 0.3) is 0 Å². The molecule has 1 aliphatic heterocycles. The van der Waals surface area contributed by atoms with E-state index in [1.54, 1.807) is 25.1 Å². The minimum atomic E-state index is -1.89. The second-order valence-electron chi connectivity index (χ2n) is 5.44. The summed E-state index contributed by atoms with van der Waals surface area (Å²) in [6, 6.07) is 16.6. The van der Waals surface area contributed by atoms with E-state index in [-0.39, 0.29) is 5.56 Å². The molecule has 1 heterocycles. The lowest BCUT2D eigenvalue weighted by Gasteiger charge is -2.21. The molecule has 0 bridgehead atoms. The summed E-state index contributed by atoms with van der Waals surface area (Å²) in [5, 5.41) is 0. The maximum Gasteiger partial charge on any atom is 0.417 e. The van der Waals surface area contributed by atoms with Gasteiger partial charge < -0.3 is 4.74 Å². The van der Waals surface area contributed by atoms with Crippen LogP contribution in [0.2, 0.25) is 0 Å². The summed E-state index contributed by atoms with van der Waals surface area (Å²) in [6.07, 6.45) is -3.29. The molecule has 0 unspecified atom stereocenters. The van der Waals surface area contributed by atoms with Crippen LogP contribution in [0, 0.1) is 0 Å². The molecule has 0 saturated carbocycles. The van der Waals surface area contributed by atoms with Gasteiger partial charge >= 0.3 is 6.09 Å². The van der Waals surface area contributed by atoms with E-state index >= 15 is 0 Å². The number of amides is 2. The Morgan fingerprint density at radius 2 is 1.65 bits per heavy atom. The van der Waals surface area contributed by atoms with Crippen molar-refractivity contribution in [2.75, 3.05) is 0 Å². The van der Waals surface area contributed by atoms with Crippen molar-refractivity contribution in [2.45, 2.75) is 25.2 Å². The van der Waals surface area contributed by atoms with E-state index in [2.05, 4.69) is 0 Å². The van der Waals surface area contributed by atoms with Crippen molar-refractivity contribution in [3.05, 3.63) is 71.8 Å². The molecule has 3 rings (SSSR count). The maximum absolute atomic E-state index is 14.5. The van der Waals surface area contributed by atoms with Crippen LogP contribution in [-0.4, -0.2) is 22.9 Å². The third kappa shape index (κ3) is 2.82. The first-order chi connectivity index (χ1) is 11.1. The van der Waals surface area contributed by atoms with Crippen LogP contribution in [0.4, 0.5) is 9.18 Å². The Kier molecular flexibility index (Phi) is 4.10. The van der Waals surface area contributed by atoms with Crippen molar-refractivity contribution in [3.63, 3.8) is 0 Å². The van der Waals surface area contributed by atoms with Crippen LogP contribution < -0.4 is 0 Å². The number of ether oxygens (including phenoxy) is 1. The van der Waals surface area contributed by atoms with Crippen LogP contribution in [0.1, 0.15) is 30.3 Å². The van der Waals surface area contributed by atoms with Crippen molar-refractivity contribution in [1.29, 1.82) is 0 Å². The lowest BCUT2D eigenvalue weighted by Crippen LogP contribution is -2.39. The Balaban J connectivity index is 1.83. The Morgan fingerprint density at radius 3 is 2.26 bits per heavy atom. The number of cyclic esters (lactones) is 1. The largest absolute Gasteiger partial charge is 0.439 e. The van der Waals surface area contributed by atoms with Crippen LogP contribution in [-0.2, 0) is 9.53 Å². The zero-order valence-corrected chi connectivity index (χ0v) is 12.6. The van der Waals surface area contributed by atoms with Crippen molar-refractivity contribution < 1.29 is 18.7 Å². The van der Waals surface area contributed by atoms with Gasteiger partial charge in [0.05, 0.1) is 6.04 Å². The van der Waals surface area contributed by atoms with Crippen molar-refractivity contribution in [1.82, 2.24) is 4.90 Å². The highest BCUT2D eigenvalue weighted by atomic mass is 19.1. The lowest BCUT2D eigenvalue weighted by atomic mass is 10.0. The predicted octanol–water partition coefficient (Wildman–Crippen LogP) is 3.81. The smallest absolute Gasteiger partial charge is 0.417 e. The number of carbonyl (C=O) groups is 2. The van der Waals surface area contributed by atoms with Crippen molar-refractivity contribution in [2.24, 2.45) is 0 Å². The summed E-state index contributed by atoms with van der Waals surface area (Å²) in [4.78, 5) is 25.3. The summed E-state index contributed by atoms with van der Waals surface area (Å²) in [5.41, 5.74) is 0.999. The third-order valence-electron chi connectivity index (χ3n) is 3.94. The SMILES string of the molecule is C[C@H]1[C@@H](c2ccccc2)OC(=O)N1C(=O)[C@@H](F)c1ccccc1. The molecule has 2 aromatic rings. The Labute approximate surface area is 133 Å². The molecule has 0 N–H and O–H groups in total. The van der Waals surface area contributed by atoms with E-state index in [0.717, 1.165) is 10.5 Å². The molecule has 23 heavy (non-hydrogen) atoms. The van der Waals surface area contributed by atoms with E-state index in [0.29, 0.717) is 0 Å². The van der Waals surface area contributed by atoms with Crippen LogP contribution in [0.15, 0.2) is 60.7 Å². The average molecular weight is 313 g/mol. The first-order valence-electron chi connectivity index (χ1n) is 7.37. The van der Waals surface area contributed by atoms with Gasteiger partial charge in [0.2, 0.25) is 6.17 Å². The second-order valence-corrected chi connectivity index (χ2v) is 5.44. The average Bonchev–Trinajstić information content (AvgIpc) is 2.89. The fourth-order valence-corrected chi connectivity index (χ4v) is 2.73. The zero-order chi connectivity index (χ0) is 16.4. The minimum Gasteiger partial charge on any atom is -0.439 e. The molecule has 3 atom stereocenters. The highest BCUT2D eigenvalue weighted by Crippen LogP contribution is 2.34. The summed E-state index contributed by atoms with van der Waals surface area (Å²) in [5.74, 6) is -0.896. The molecule has 0 aromatic heterocycles. The summed E-state index contributed by atoms with van der Waals surface area (Å²) >= 11 is 0. The molecule has 1 aliphatic rings. The number of alkyl halides is 1. The Hall–Kier alpha value is -2.69. The number of hydrogen-bond acceptors (Lipinski definition) is 3. The highest BCUT2D eigenvalue weighted by molar-refractivity contribution is 5.96. The number of nitrogens with zero attached hydrogens (tertiary/aromatic N) is 1. The number of rotatable bonds is 3. The van der Waals surface area contributed by atoms with Gasteiger partial charge in [0.25, 0.3) is 5.91 Å². The third-order valence-corrected chi connectivity index (χ3v) is 3.94. The van der Waals surface area contributed by atoms with Gasteiger partial charge in [-0.2, -0.15) is 0 Å². The van der Waals surface area contributed by atoms with Gasteiger partial charge in [-0.1, -0.05) is 60.7 Å². The standard InChI is InChI=1S/C18H16FNO3/c1-12-16(14-10-6-3-7-11-14)23-18(22)20(12)17(21)15(19)13-8-4-2-5-9-13/h2-12,15-16H,1H3/t12-,15-,16-/m0/s1. The molecular formula is C18H16FNO3. The van der Waals surface area contributed by atoms with E-state index < -0.39 is 30.3 Å². The van der Waals surface area contributed by atoms with Gasteiger partial charge in [-0.15, -0.1) is 0 Å². The molecule has 0 spiro atoms. The number of halogens is 1. The fourth-order valence-electron chi connectivity index (χ4n) is 2.73. The number of benzene rings is 2. The highest BCUT2D eigenvalue weighted by Gasteiger charge is 2.45. The van der Waals surface area contributed by atoms with E-state index in [4.69, 9.17) is 4.74 Å². The molecule has 5 heteroatoms. The summed E-state index contributed by atoms with van der Waals surface area (Å²) in [6.45, 7) is 1.68. The summed E-state index contributed by atoms with van der Waals surface area (Å²) in [7, 11) is 0. The molecule has 1 fully saturated rings. The quantitative estimate of drug-likeness (QED) is 0.865. The molecule has 0 aliphatic carbocycles. The zero-order valence-electron chi connectivity index (χ0n) is 12.6. The Bertz CT molecular complexity index is 705. The first kappa shape index (κ1) is 15.2. The van der Waals surface area contributed by atoms with Gasteiger partial charge in [-0.05, 0) is 18.1 Å². The molecule has 2 amide bonds. The molecule has 0 radical (unpaired) electrons. The number of imide groups is 1. The summed E-state index contributed by atoms with van der Waals surface area (Å²) < 4.78 is 19.7. The topological polar surface area (TPSA) is 46.6 Å². The monoisotopic (exact) mass is 313 g/mol. The minimum absolute atomic E-state index is 0.223. The van der Waals surface area contributed by atoms with Gasteiger partial charge in [0.1, 0.15) is 6.10 Å². The number of carbonyl (C=O) groups excluding carboxylic acids is 2. The Morgan fingerprint density at radius 1 is 1.09 bits per heavy atom. The van der Waals surface area contributed by atoms with Gasteiger partial charge in [-0.25, -0.2) is 14.1 Å². The van der Waals surface area contributed by atoms with Crippen LogP contribution >= 0.6 is 0 Å². The van der Waals surface area contributed by atoms with Crippen molar-refractivity contribution >= 4 is 12.0 Å². The lowest BCUT2D eigenvalue weighted by molar-refractivity contribution is -0.134. The van der Waals surface area contributed by atoms with E-state index in [1.165, 1.54) is 12.1 Å². The first-order valence-corrected chi connectivity index (χ1v) is 7.37. The van der Waals surface area contributed by atoms with Gasteiger partial charge in [0, 0.05) is 0 Å². The second kappa shape index (κ2) is 6.20. The predicted molar refractivity (Wildman–Crippen MR) is 82.3 cm³/mol. The number of hydrogen-bond donors (Lipinski definition) is 0. The van der Waals surface area contributed by atoms with Gasteiger partial charge in [0.15, 0.2) is 0 Å². The molecule has 118 valence electrons. The van der Waals surface area contributed by atoms with E-state index in [1.807, 2.05) is 30.3 Å². The van der Waals surface area contributed by atoms with Crippen LogP contribution in [0.3, 0.4) is 0 Å². The molecule has 1 saturated heterocycles. The maximum atomic E-state index is 14.5.